The van der Waals surface area contributed by atoms with Crippen LogP contribution >= 0.6 is 0 Å². The maximum Gasteiger partial charge on any atom is 0.232 e. The predicted molar refractivity (Wildman–Crippen MR) is 134 cm³/mol. The zero-order valence-corrected chi connectivity index (χ0v) is 19.5. The fraction of sp³-hybridized carbons (Fsp3) is 0.286. The lowest BCUT2D eigenvalue weighted by atomic mass is 9.98. The summed E-state index contributed by atoms with van der Waals surface area (Å²) >= 11 is 0. The Kier molecular flexibility index (Phi) is 6.70. The Morgan fingerprint density at radius 2 is 1.59 bits per heavy atom. The zero-order chi connectivity index (χ0) is 23.3. The van der Waals surface area contributed by atoms with Gasteiger partial charge in [-0.25, -0.2) is 9.97 Å². The molecule has 6 nitrogen and oxygen atoms in total. The van der Waals surface area contributed by atoms with Crippen LogP contribution in [0.4, 0.5) is 0 Å². The van der Waals surface area contributed by atoms with Crippen LogP contribution in [0.3, 0.4) is 0 Å². The largest absolute Gasteiger partial charge is 0.476 e. The highest BCUT2D eigenvalue weighted by Crippen LogP contribution is 2.32. The number of hydrogen-bond donors (Lipinski definition) is 1. The van der Waals surface area contributed by atoms with E-state index in [1.165, 1.54) is 0 Å². The van der Waals surface area contributed by atoms with Crippen molar-refractivity contribution in [1.82, 2.24) is 14.9 Å². The number of aromatic nitrogens is 2. The van der Waals surface area contributed by atoms with Crippen LogP contribution < -0.4 is 10.5 Å². The molecule has 0 radical (unpaired) electrons. The van der Waals surface area contributed by atoms with E-state index in [0.717, 1.165) is 65.1 Å². The molecule has 34 heavy (non-hydrogen) atoms. The molecule has 1 saturated heterocycles. The van der Waals surface area contributed by atoms with Crippen LogP contribution in [0, 0.1) is 5.92 Å². The molecular weight excluding hydrogens is 424 g/mol. The van der Waals surface area contributed by atoms with Crippen molar-refractivity contribution in [2.45, 2.75) is 19.4 Å². The lowest BCUT2D eigenvalue weighted by Crippen LogP contribution is -2.32. The number of piperidine rings is 1. The van der Waals surface area contributed by atoms with E-state index in [-0.39, 0.29) is 0 Å². The van der Waals surface area contributed by atoms with E-state index in [0.29, 0.717) is 24.9 Å². The molecule has 0 bridgehead atoms. The fourth-order valence-electron chi connectivity index (χ4n) is 4.33. The number of hydrogen-bond acceptors (Lipinski definition) is 6. The summed E-state index contributed by atoms with van der Waals surface area (Å²) in [6.07, 6.45) is 7.47. The SMILES string of the molecule is CN1CCC(COc2cnc(-c3ccc(CN)cc3)c(-c3ccc(-c4ccoc4)cc3)n2)CC1. The quantitative estimate of drug-likeness (QED) is 0.411. The number of likely N-dealkylation sites (tertiary alicyclic amines) is 1. The molecule has 1 fully saturated rings. The third-order valence-corrected chi connectivity index (χ3v) is 6.53. The summed E-state index contributed by atoms with van der Waals surface area (Å²) in [5.74, 6) is 1.12. The molecule has 174 valence electrons. The van der Waals surface area contributed by atoms with Gasteiger partial charge in [-0.15, -0.1) is 0 Å². The van der Waals surface area contributed by atoms with Gasteiger partial charge in [0.25, 0.3) is 0 Å². The Balaban J connectivity index is 1.44. The highest BCUT2D eigenvalue weighted by Gasteiger charge is 2.19. The van der Waals surface area contributed by atoms with Gasteiger partial charge in [0.1, 0.15) is 5.69 Å². The van der Waals surface area contributed by atoms with Gasteiger partial charge in [-0.1, -0.05) is 48.5 Å². The summed E-state index contributed by atoms with van der Waals surface area (Å²) in [5, 5.41) is 0. The summed E-state index contributed by atoms with van der Waals surface area (Å²) in [6.45, 7) is 3.42. The van der Waals surface area contributed by atoms with Gasteiger partial charge in [-0.2, -0.15) is 0 Å². The van der Waals surface area contributed by atoms with Crippen LogP contribution in [-0.4, -0.2) is 41.6 Å². The number of furan rings is 1. The van der Waals surface area contributed by atoms with Crippen molar-refractivity contribution in [2.24, 2.45) is 11.7 Å². The Morgan fingerprint density at radius 3 is 2.26 bits per heavy atom. The molecule has 1 aliphatic rings. The van der Waals surface area contributed by atoms with Gasteiger partial charge in [0.15, 0.2) is 0 Å². The maximum atomic E-state index is 6.13. The normalized spacial score (nSPS) is 14.9. The predicted octanol–water partition coefficient (Wildman–Crippen LogP) is 5.25. The topological polar surface area (TPSA) is 77.4 Å². The summed E-state index contributed by atoms with van der Waals surface area (Å²) in [4.78, 5) is 12.1. The standard InChI is InChI=1S/C28H30N4O2/c1-32-13-10-21(11-14-32)18-34-26-17-30-27(23-4-2-20(16-29)3-5-23)28(31-26)24-8-6-22(7-9-24)25-12-15-33-19-25/h2-9,12,15,17,19,21H,10-11,13-14,16,18,29H2,1H3. The van der Waals surface area contributed by atoms with E-state index < -0.39 is 0 Å². The van der Waals surface area contributed by atoms with E-state index in [9.17, 15) is 0 Å². The molecule has 5 rings (SSSR count). The van der Waals surface area contributed by atoms with Crippen molar-refractivity contribution < 1.29 is 9.15 Å². The summed E-state index contributed by atoms with van der Waals surface area (Å²) in [5.41, 5.74) is 12.6. The van der Waals surface area contributed by atoms with Gasteiger partial charge in [0.2, 0.25) is 5.88 Å². The minimum Gasteiger partial charge on any atom is -0.476 e. The monoisotopic (exact) mass is 454 g/mol. The molecule has 0 amide bonds. The van der Waals surface area contributed by atoms with E-state index >= 15 is 0 Å². The summed E-state index contributed by atoms with van der Waals surface area (Å²) in [7, 11) is 2.17. The van der Waals surface area contributed by atoms with E-state index in [1.807, 2.05) is 18.2 Å². The zero-order valence-electron chi connectivity index (χ0n) is 19.5. The summed E-state index contributed by atoms with van der Waals surface area (Å²) < 4.78 is 11.4. The van der Waals surface area contributed by atoms with Gasteiger partial charge in [-0.05, 0) is 56.1 Å². The molecule has 6 heteroatoms. The molecule has 0 spiro atoms. The van der Waals surface area contributed by atoms with Crippen LogP contribution in [0.2, 0.25) is 0 Å². The second kappa shape index (κ2) is 10.2. The van der Waals surface area contributed by atoms with Gasteiger partial charge in [-0.3, -0.25) is 0 Å². The molecule has 0 aliphatic carbocycles. The molecule has 0 atom stereocenters. The molecule has 2 N–H and O–H groups in total. The Bertz CT molecular complexity index is 1200. The van der Waals surface area contributed by atoms with Crippen molar-refractivity contribution in [3.63, 3.8) is 0 Å². The smallest absolute Gasteiger partial charge is 0.232 e. The maximum absolute atomic E-state index is 6.13. The third kappa shape index (κ3) is 5.03. The third-order valence-electron chi connectivity index (χ3n) is 6.53. The van der Waals surface area contributed by atoms with Gasteiger partial charge in [0.05, 0.1) is 31.0 Å². The minimum atomic E-state index is 0.512. The van der Waals surface area contributed by atoms with Crippen LogP contribution in [0.25, 0.3) is 33.6 Å². The van der Waals surface area contributed by atoms with Gasteiger partial charge >= 0.3 is 0 Å². The van der Waals surface area contributed by atoms with E-state index in [4.69, 9.17) is 24.9 Å². The van der Waals surface area contributed by atoms with Gasteiger partial charge in [0, 0.05) is 23.2 Å². The van der Waals surface area contributed by atoms with Crippen LogP contribution in [0.1, 0.15) is 18.4 Å². The molecule has 1 aliphatic heterocycles. The second-order valence-corrected chi connectivity index (χ2v) is 8.95. The lowest BCUT2D eigenvalue weighted by molar-refractivity contribution is 0.157. The molecule has 3 heterocycles. The highest BCUT2D eigenvalue weighted by molar-refractivity contribution is 5.79. The number of benzene rings is 2. The number of nitrogens with two attached hydrogens (primary N) is 1. The fourth-order valence-corrected chi connectivity index (χ4v) is 4.33. The van der Waals surface area contributed by atoms with Crippen LogP contribution in [0.15, 0.2) is 77.7 Å². The molecular formula is C28H30N4O2. The van der Waals surface area contributed by atoms with Crippen LogP contribution in [-0.2, 0) is 6.54 Å². The second-order valence-electron chi connectivity index (χ2n) is 8.95. The lowest BCUT2D eigenvalue weighted by Gasteiger charge is -2.28. The Hall–Kier alpha value is -3.48. The average molecular weight is 455 g/mol. The van der Waals surface area contributed by atoms with E-state index in [2.05, 4.69) is 48.3 Å². The number of nitrogens with zero attached hydrogens (tertiary/aromatic N) is 3. The summed E-state index contributed by atoms with van der Waals surface area (Å²) in [6, 6.07) is 18.4. The van der Waals surface area contributed by atoms with Crippen LogP contribution in [0.5, 0.6) is 5.88 Å². The molecule has 0 saturated carbocycles. The first-order valence-corrected chi connectivity index (χ1v) is 11.8. The number of ether oxygens (including phenoxy) is 1. The van der Waals surface area contributed by atoms with Crippen molar-refractivity contribution in [3.05, 3.63) is 78.9 Å². The molecule has 4 aromatic rings. The number of rotatable bonds is 7. The first-order chi connectivity index (χ1) is 16.7. The molecule has 2 aromatic carbocycles. The van der Waals surface area contributed by atoms with Crippen molar-refractivity contribution in [2.75, 3.05) is 26.7 Å². The Labute approximate surface area is 200 Å². The Morgan fingerprint density at radius 1 is 0.912 bits per heavy atom. The van der Waals surface area contributed by atoms with Crippen molar-refractivity contribution >= 4 is 0 Å². The molecule has 0 unspecified atom stereocenters. The van der Waals surface area contributed by atoms with Crippen molar-refractivity contribution in [3.8, 4) is 39.5 Å². The van der Waals surface area contributed by atoms with Gasteiger partial charge < -0.3 is 19.8 Å². The molecule has 2 aromatic heterocycles. The highest BCUT2D eigenvalue weighted by atomic mass is 16.5. The first-order valence-electron chi connectivity index (χ1n) is 11.8. The minimum absolute atomic E-state index is 0.512. The van der Waals surface area contributed by atoms with E-state index in [1.54, 1.807) is 18.7 Å². The van der Waals surface area contributed by atoms with Crippen molar-refractivity contribution in [1.29, 1.82) is 0 Å². The first kappa shape index (κ1) is 22.3. The average Bonchev–Trinajstić information content (AvgIpc) is 3.44.